The van der Waals surface area contributed by atoms with Crippen LogP contribution in [-0.2, 0) is 9.53 Å². The standard InChI is InChI=1S/C20H24N4O4/c1-3-27-17-7-6-14(11-15(17)21)16-12-24-9-4-5-18(20(24)23-16)28-13-19(25)22-8-10-26-2/h4-7,9,11-12H,3,8,10,13,21H2,1-2H3,(H,22,25). The van der Waals surface area contributed by atoms with Crippen molar-refractivity contribution >= 4 is 17.2 Å². The Morgan fingerprint density at radius 2 is 2.11 bits per heavy atom. The Labute approximate surface area is 163 Å². The highest BCUT2D eigenvalue weighted by atomic mass is 16.5. The highest BCUT2D eigenvalue weighted by molar-refractivity contribution is 5.78. The SMILES string of the molecule is CCOc1ccc(-c2cn3cccc(OCC(=O)NCCOC)c3n2)cc1N. The van der Waals surface area contributed by atoms with E-state index in [1.807, 2.05) is 48.0 Å². The number of carbonyl (C=O) groups excluding carboxylic acids is 1. The summed E-state index contributed by atoms with van der Waals surface area (Å²) in [6, 6.07) is 9.19. The molecule has 0 unspecified atom stereocenters. The third kappa shape index (κ3) is 4.52. The lowest BCUT2D eigenvalue weighted by Crippen LogP contribution is -2.31. The van der Waals surface area contributed by atoms with Gasteiger partial charge in [0.1, 0.15) is 5.75 Å². The molecule has 3 rings (SSSR count). The molecule has 0 fully saturated rings. The largest absolute Gasteiger partial charge is 0.492 e. The Morgan fingerprint density at radius 1 is 1.25 bits per heavy atom. The van der Waals surface area contributed by atoms with Gasteiger partial charge in [-0.2, -0.15) is 0 Å². The number of nitrogens with zero attached hydrogens (tertiary/aromatic N) is 2. The van der Waals surface area contributed by atoms with Crippen LogP contribution in [-0.4, -0.2) is 48.8 Å². The van der Waals surface area contributed by atoms with E-state index in [9.17, 15) is 4.79 Å². The van der Waals surface area contributed by atoms with Gasteiger partial charge in [0.15, 0.2) is 18.0 Å². The van der Waals surface area contributed by atoms with Crippen LogP contribution >= 0.6 is 0 Å². The number of fused-ring (bicyclic) bond motifs is 1. The summed E-state index contributed by atoms with van der Waals surface area (Å²) in [5, 5.41) is 2.71. The van der Waals surface area contributed by atoms with E-state index in [0.29, 0.717) is 42.6 Å². The maximum absolute atomic E-state index is 11.8. The molecule has 2 aromatic heterocycles. The van der Waals surface area contributed by atoms with Crippen LogP contribution in [0.3, 0.4) is 0 Å². The highest BCUT2D eigenvalue weighted by Crippen LogP contribution is 2.29. The smallest absolute Gasteiger partial charge is 0.258 e. The molecule has 0 aliphatic heterocycles. The number of anilines is 1. The Kier molecular flexibility index (Phi) is 6.33. The van der Waals surface area contributed by atoms with Crippen LogP contribution in [0.15, 0.2) is 42.7 Å². The molecule has 0 saturated carbocycles. The number of pyridine rings is 1. The Bertz CT molecular complexity index is 955. The molecule has 0 bridgehead atoms. The van der Waals surface area contributed by atoms with Gasteiger partial charge in [-0.15, -0.1) is 0 Å². The molecule has 28 heavy (non-hydrogen) atoms. The van der Waals surface area contributed by atoms with Gasteiger partial charge >= 0.3 is 0 Å². The van der Waals surface area contributed by atoms with E-state index < -0.39 is 0 Å². The van der Waals surface area contributed by atoms with Crippen molar-refractivity contribution < 1.29 is 19.0 Å². The minimum absolute atomic E-state index is 0.0957. The van der Waals surface area contributed by atoms with Gasteiger partial charge in [-0.3, -0.25) is 4.79 Å². The second kappa shape index (κ2) is 9.09. The van der Waals surface area contributed by atoms with Gasteiger partial charge in [-0.25, -0.2) is 4.98 Å². The fraction of sp³-hybridized carbons (Fsp3) is 0.300. The van der Waals surface area contributed by atoms with E-state index in [1.54, 1.807) is 13.2 Å². The van der Waals surface area contributed by atoms with Gasteiger partial charge in [-0.1, -0.05) is 0 Å². The number of methoxy groups -OCH3 is 1. The highest BCUT2D eigenvalue weighted by Gasteiger charge is 2.12. The van der Waals surface area contributed by atoms with E-state index in [4.69, 9.17) is 19.9 Å². The predicted octanol–water partition coefficient (Wildman–Crippen LogP) is 2.12. The molecule has 0 saturated heterocycles. The van der Waals surface area contributed by atoms with Crippen molar-refractivity contribution in [1.82, 2.24) is 14.7 Å². The van der Waals surface area contributed by atoms with E-state index in [2.05, 4.69) is 10.3 Å². The number of nitrogens with two attached hydrogens (primary N) is 1. The molecule has 8 heteroatoms. The van der Waals surface area contributed by atoms with Crippen LogP contribution in [0.2, 0.25) is 0 Å². The van der Waals surface area contributed by atoms with Crippen molar-refractivity contribution in [2.45, 2.75) is 6.92 Å². The van der Waals surface area contributed by atoms with Crippen molar-refractivity contribution in [3.8, 4) is 22.8 Å². The number of amides is 1. The molecule has 8 nitrogen and oxygen atoms in total. The van der Waals surface area contributed by atoms with Crippen molar-refractivity contribution in [1.29, 1.82) is 0 Å². The number of hydrogen-bond donors (Lipinski definition) is 2. The number of aromatic nitrogens is 2. The first-order valence-electron chi connectivity index (χ1n) is 9.01. The minimum Gasteiger partial charge on any atom is -0.492 e. The van der Waals surface area contributed by atoms with Gasteiger partial charge in [0.25, 0.3) is 5.91 Å². The zero-order valence-electron chi connectivity index (χ0n) is 16.0. The van der Waals surface area contributed by atoms with Gasteiger partial charge in [-0.05, 0) is 37.3 Å². The number of rotatable bonds is 9. The second-order valence-electron chi connectivity index (χ2n) is 6.05. The van der Waals surface area contributed by atoms with Crippen LogP contribution in [0, 0.1) is 0 Å². The zero-order valence-corrected chi connectivity index (χ0v) is 16.0. The number of ether oxygens (including phenoxy) is 3. The van der Waals surface area contributed by atoms with Gasteiger partial charge in [0.05, 0.1) is 24.6 Å². The minimum atomic E-state index is -0.217. The lowest BCUT2D eigenvalue weighted by Gasteiger charge is -2.08. The predicted molar refractivity (Wildman–Crippen MR) is 107 cm³/mol. The van der Waals surface area contributed by atoms with Gasteiger partial charge in [0, 0.05) is 31.6 Å². The fourth-order valence-corrected chi connectivity index (χ4v) is 2.72. The topological polar surface area (TPSA) is 100 Å². The van der Waals surface area contributed by atoms with Crippen LogP contribution in [0.4, 0.5) is 5.69 Å². The van der Waals surface area contributed by atoms with Crippen LogP contribution in [0.25, 0.3) is 16.9 Å². The quantitative estimate of drug-likeness (QED) is 0.433. The first kappa shape index (κ1) is 19.5. The molecule has 3 N–H and O–H groups in total. The third-order valence-electron chi connectivity index (χ3n) is 4.04. The third-order valence-corrected chi connectivity index (χ3v) is 4.04. The molecular weight excluding hydrogens is 360 g/mol. The number of hydrogen-bond acceptors (Lipinski definition) is 6. The summed E-state index contributed by atoms with van der Waals surface area (Å²) >= 11 is 0. The molecule has 0 radical (unpaired) electrons. The monoisotopic (exact) mass is 384 g/mol. The summed E-state index contributed by atoms with van der Waals surface area (Å²) in [5.41, 5.74) is 8.85. The Hall–Kier alpha value is -3.26. The molecule has 1 amide bonds. The lowest BCUT2D eigenvalue weighted by atomic mass is 10.1. The Morgan fingerprint density at radius 3 is 2.86 bits per heavy atom. The fourth-order valence-electron chi connectivity index (χ4n) is 2.72. The second-order valence-corrected chi connectivity index (χ2v) is 6.05. The maximum atomic E-state index is 11.8. The van der Waals surface area contributed by atoms with Crippen molar-refractivity contribution in [3.05, 3.63) is 42.7 Å². The van der Waals surface area contributed by atoms with Crippen LogP contribution < -0.4 is 20.5 Å². The average molecular weight is 384 g/mol. The normalized spacial score (nSPS) is 10.8. The van der Waals surface area contributed by atoms with Gasteiger partial charge in [0.2, 0.25) is 0 Å². The van der Waals surface area contributed by atoms with Crippen LogP contribution in [0.1, 0.15) is 6.92 Å². The maximum Gasteiger partial charge on any atom is 0.258 e. The summed E-state index contributed by atoms with van der Waals surface area (Å²) in [6.07, 6.45) is 3.76. The molecule has 1 aromatic carbocycles. The summed E-state index contributed by atoms with van der Waals surface area (Å²) in [6.45, 7) is 3.26. The van der Waals surface area contributed by atoms with Crippen molar-refractivity contribution in [3.63, 3.8) is 0 Å². The number of nitrogens with one attached hydrogen (secondary N) is 1. The molecule has 3 aromatic rings. The first-order chi connectivity index (χ1) is 13.6. The molecule has 0 atom stereocenters. The van der Waals surface area contributed by atoms with Crippen molar-refractivity contribution in [2.24, 2.45) is 0 Å². The van der Waals surface area contributed by atoms with Gasteiger partial charge < -0.3 is 29.7 Å². The number of carbonyl (C=O) groups is 1. The van der Waals surface area contributed by atoms with E-state index >= 15 is 0 Å². The zero-order chi connectivity index (χ0) is 19.9. The van der Waals surface area contributed by atoms with Crippen molar-refractivity contribution in [2.75, 3.05) is 39.2 Å². The summed E-state index contributed by atoms with van der Waals surface area (Å²) in [4.78, 5) is 16.5. The molecule has 148 valence electrons. The average Bonchev–Trinajstić information content (AvgIpc) is 3.13. The van der Waals surface area contributed by atoms with Crippen LogP contribution in [0.5, 0.6) is 11.5 Å². The van der Waals surface area contributed by atoms with E-state index in [-0.39, 0.29) is 12.5 Å². The number of nitrogen functional groups attached to an aromatic ring is 1. The lowest BCUT2D eigenvalue weighted by molar-refractivity contribution is -0.123. The van der Waals surface area contributed by atoms with E-state index in [1.165, 1.54) is 0 Å². The molecule has 0 aliphatic carbocycles. The first-order valence-corrected chi connectivity index (χ1v) is 9.01. The Balaban J connectivity index is 1.78. The molecular formula is C20H24N4O4. The summed E-state index contributed by atoms with van der Waals surface area (Å²) < 4.78 is 17.9. The van der Waals surface area contributed by atoms with E-state index in [0.717, 1.165) is 11.3 Å². The molecule has 0 spiro atoms. The summed E-state index contributed by atoms with van der Waals surface area (Å²) in [7, 11) is 1.58. The summed E-state index contributed by atoms with van der Waals surface area (Å²) in [5.74, 6) is 0.957. The molecule has 2 heterocycles. The number of imidazole rings is 1. The number of benzene rings is 1. The molecule has 0 aliphatic rings.